The molecular weight excluding hydrogens is 220 g/mol. The monoisotopic (exact) mass is 230 g/mol. The number of halogens is 1. The molecule has 0 radical (unpaired) electrons. The summed E-state index contributed by atoms with van der Waals surface area (Å²) in [4.78, 5) is 10.5. The summed E-state index contributed by atoms with van der Waals surface area (Å²) in [6, 6.07) is 1.40. The highest BCUT2D eigenvalue weighted by molar-refractivity contribution is 6.32. The molecule has 0 heterocycles. The van der Waals surface area contributed by atoms with Gasteiger partial charge in [-0.2, -0.15) is 0 Å². The quantitative estimate of drug-likeness (QED) is 0.833. The van der Waals surface area contributed by atoms with E-state index in [0.717, 1.165) is 0 Å². The summed E-state index contributed by atoms with van der Waals surface area (Å²) in [5.74, 6) is -0.743. The maximum absolute atomic E-state index is 10.5. The summed E-state index contributed by atoms with van der Waals surface area (Å²) in [6.45, 7) is 1.62. The second kappa shape index (κ2) is 4.40. The summed E-state index contributed by atoms with van der Waals surface area (Å²) in [6.07, 6.45) is -0.267. The van der Waals surface area contributed by atoms with Crippen molar-refractivity contribution in [2.24, 2.45) is 0 Å². The number of hydrogen-bond donors (Lipinski definition) is 2. The van der Waals surface area contributed by atoms with Gasteiger partial charge in [0.05, 0.1) is 18.6 Å². The number of phenols is 1. The number of benzene rings is 1. The Hall–Kier alpha value is -1.42. The van der Waals surface area contributed by atoms with Gasteiger partial charge in [0, 0.05) is 11.1 Å². The minimum Gasteiger partial charge on any atom is -0.507 e. The molecule has 15 heavy (non-hydrogen) atoms. The minimum absolute atomic E-state index is 0.0846. The van der Waals surface area contributed by atoms with Gasteiger partial charge in [0.2, 0.25) is 0 Å². The minimum atomic E-state index is -1.02. The predicted molar refractivity (Wildman–Crippen MR) is 55.7 cm³/mol. The molecule has 0 spiro atoms. The number of phenolic OH excluding ortho intramolecular Hbond substituents is 1. The van der Waals surface area contributed by atoms with Crippen molar-refractivity contribution in [3.8, 4) is 11.5 Å². The summed E-state index contributed by atoms with van der Waals surface area (Å²) < 4.78 is 4.98. The molecule has 0 aliphatic carbocycles. The summed E-state index contributed by atoms with van der Waals surface area (Å²) in [5.41, 5.74) is 0.729. The molecular formula is C10H11ClO4. The first-order valence-electron chi connectivity index (χ1n) is 4.24. The Balaban J connectivity index is 3.27. The lowest BCUT2D eigenvalue weighted by Gasteiger charge is -2.11. The molecule has 0 aliphatic heterocycles. The Bertz CT molecular complexity index is 401. The van der Waals surface area contributed by atoms with Crippen LogP contribution in [0.1, 0.15) is 11.1 Å². The molecule has 1 rings (SSSR count). The van der Waals surface area contributed by atoms with Crippen molar-refractivity contribution in [2.75, 3.05) is 7.11 Å². The number of aliphatic carboxylic acids is 1. The smallest absolute Gasteiger partial charge is 0.307 e. The van der Waals surface area contributed by atoms with E-state index in [-0.39, 0.29) is 17.7 Å². The first-order chi connectivity index (χ1) is 6.97. The highest BCUT2D eigenvalue weighted by Crippen LogP contribution is 2.37. The van der Waals surface area contributed by atoms with Gasteiger partial charge in [0.15, 0.2) is 0 Å². The molecule has 0 saturated heterocycles. The molecule has 0 aliphatic rings. The third kappa shape index (κ3) is 2.33. The standard InChI is InChI=1S/C10H11ClO4/c1-5-9(14)6(4-8(12)13)3-7(11)10(5)15-2/h3,14H,4H2,1-2H3,(H,12,13). The van der Waals surface area contributed by atoms with Crippen molar-refractivity contribution in [1.82, 2.24) is 0 Å². The maximum Gasteiger partial charge on any atom is 0.307 e. The molecule has 1 aromatic rings. The Morgan fingerprint density at radius 3 is 2.67 bits per heavy atom. The Labute approximate surface area is 92.1 Å². The fraction of sp³-hybridized carbons (Fsp3) is 0.300. The van der Waals surface area contributed by atoms with E-state index in [9.17, 15) is 9.90 Å². The average molecular weight is 231 g/mol. The van der Waals surface area contributed by atoms with Gasteiger partial charge in [-0.3, -0.25) is 4.79 Å². The number of carbonyl (C=O) groups is 1. The van der Waals surface area contributed by atoms with Crippen molar-refractivity contribution < 1.29 is 19.7 Å². The van der Waals surface area contributed by atoms with Crippen LogP contribution >= 0.6 is 11.6 Å². The van der Waals surface area contributed by atoms with Crippen LogP contribution in [0.2, 0.25) is 5.02 Å². The van der Waals surface area contributed by atoms with Gasteiger partial charge in [0.25, 0.3) is 0 Å². The second-order valence-corrected chi connectivity index (χ2v) is 3.50. The summed E-state index contributed by atoms with van der Waals surface area (Å²) >= 11 is 5.86. The van der Waals surface area contributed by atoms with Gasteiger partial charge in [-0.15, -0.1) is 0 Å². The molecule has 1 aromatic carbocycles. The van der Waals surface area contributed by atoms with Gasteiger partial charge in [0.1, 0.15) is 11.5 Å². The van der Waals surface area contributed by atoms with Crippen molar-refractivity contribution in [3.05, 3.63) is 22.2 Å². The third-order valence-electron chi connectivity index (χ3n) is 2.06. The fourth-order valence-corrected chi connectivity index (χ4v) is 1.71. The highest BCUT2D eigenvalue weighted by Gasteiger charge is 2.15. The van der Waals surface area contributed by atoms with Gasteiger partial charge in [-0.05, 0) is 13.0 Å². The van der Waals surface area contributed by atoms with E-state index in [4.69, 9.17) is 21.4 Å². The molecule has 0 bridgehead atoms. The summed E-state index contributed by atoms with van der Waals surface area (Å²) in [5, 5.41) is 18.6. The Morgan fingerprint density at radius 1 is 1.60 bits per heavy atom. The van der Waals surface area contributed by atoms with E-state index in [2.05, 4.69) is 0 Å². The van der Waals surface area contributed by atoms with Gasteiger partial charge in [-0.1, -0.05) is 11.6 Å². The molecule has 5 heteroatoms. The number of rotatable bonds is 3. The number of aromatic hydroxyl groups is 1. The van der Waals surface area contributed by atoms with Crippen LogP contribution in [0.15, 0.2) is 6.07 Å². The number of methoxy groups -OCH3 is 1. The zero-order chi connectivity index (χ0) is 11.6. The van der Waals surface area contributed by atoms with E-state index >= 15 is 0 Å². The SMILES string of the molecule is COc1c(Cl)cc(CC(=O)O)c(O)c1C. The lowest BCUT2D eigenvalue weighted by Crippen LogP contribution is -2.02. The van der Waals surface area contributed by atoms with Crippen LogP contribution in [0, 0.1) is 6.92 Å². The average Bonchev–Trinajstić information content (AvgIpc) is 2.14. The van der Waals surface area contributed by atoms with Crippen LogP contribution in [0.25, 0.3) is 0 Å². The zero-order valence-electron chi connectivity index (χ0n) is 8.37. The van der Waals surface area contributed by atoms with E-state index in [1.165, 1.54) is 13.2 Å². The largest absolute Gasteiger partial charge is 0.507 e. The van der Waals surface area contributed by atoms with Crippen LogP contribution < -0.4 is 4.74 Å². The highest BCUT2D eigenvalue weighted by atomic mass is 35.5. The van der Waals surface area contributed by atoms with Crippen LogP contribution in [-0.4, -0.2) is 23.3 Å². The predicted octanol–water partition coefficient (Wildman–Crippen LogP) is 1.99. The van der Waals surface area contributed by atoms with Gasteiger partial charge in [-0.25, -0.2) is 0 Å². The molecule has 0 fully saturated rings. The van der Waals surface area contributed by atoms with E-state index in [1.807, 2.05) is 0 Å². The Morgan fingerprint density at radius 2 is 2.20 bits per heavy atom. The van der Waals surface area contributed by atoms with Crippen molar-refractivity contribution in [1.29, 1.82) is 0 Å². The summed E-state index contributed by atoms with van der Waals surface area (Å²) in [7, 11) is 1.44. The lowest BCUT2D eigenvalue weighted by atomic mass is 10.1. The van der Waals surface area contributed by atoms with Crippen molar-refractivity contribution in [3.63, 3.8) is 0 Å². The first-order valence-corrected chi connectivity index (χ1v) is 4.62. The van der Waals surface area contributed by atoms with E-state index < -0.39 is 5.97 Å². The van der Waals surface area contributed by atoms with Crippen molar-refractivity contribution >= 4 is 17.6 Å². The zero-order valence-corrected chi connectivity index (χ0v) is 9.13. The normalized spacial score (nSPS) is 10.1. The van der Waals surface area contributed by atoms with Crippen LogP contribution in [0.5, 0.6) is 11.5 Å². The molecule has 0 atom stereocenters. The van der Waals surface area contributed by atoms with Crippen molar-refractivity contribution in [2.45, 2.75) is 13.3 Å². The second-order valence-electron chi connectivity index (χ2n) is 3.09. The lowest BCUT2D eigenvalue weighted by molar-refractivity contribution is -0.136. The van der Waals surface area contributed by atoms with Gasteiger partial charge < -0.3 is 14.9 Å². The third-order valence-corrected chi connectivity index (χ3v) is 2.34. The number of ether oxygens (including phenoxy) is 1. The molecule has 0 unspecified atom stereocenters. The molecule has 4 nitrogen and oxygen atoms in total. The molecule has 0 aromatic heterocycles. The van der Waals surface area contributed by atoms with Crippen LogP contribution in [0.4, 0.5) is 0 Å². The number of carboxylic acid groups (broad SMARTS) is 1. The molecule has 82 valence electrons. The molecule has 0 amide bonds. The first kappa shape index (κ1) is 11.7. The Kier molecular flexibility index (Phi) is 3.42. The fourth-order valence-electron chi connectivity index (χ4n) is 1.36. The maximum atomic E-state index is 10.5. The number of hydrogen-bond acceptors (Lipinski definition) is 3. The number of carboxylic acids is 1. The molecule has 0 saturated carbocycles. The van der Waals surface area contributed by atoms with Crippen LogP contribution in [0.3, 0.4) is 0 Å². The topological polar surface area (TPSA) is 66.8 Å². The van der Waals surface area contributed by atoms with E-state index in [0.29, 0.717) is 16.3 Å². The van der Waals surface area contributed by atoms with E-state index in [1.54, 1.807) is 6.92 Å². The van der Waals surface area contributed by atoms with Crippen LogP contribution in [-0.2, 0) is 11.2 Å². The molecule has 2 N–H and O–H groups in total. The van der Waals surface area contributed by atoms with Gasteiger partial charge >= 0.3 is 5.97 Å².